The standard InChI is InChI=1S/C21H38N2O3/c1-19(2,3)22-17(24)21(16-10-8-7-9-11-16)12-14-23(15-13-21)18(25)26-20(4,5)6/h16H,7-15H2,1-6H3,(H,22,24). The molecule has 0 atom stereocenters. The predicted molar refractivity (Wildman–Crippen MR) is 104 cm³/mol. The number of rotatable bonds is 2. The van der Waals surface area contributed by atoms with Crippen molar-refractivity contribution in [1.29, 1.82) is 0 Å². The van der Waals surface area contributed by atoms with Gasteiger partial charge in [0, 0.05) is 18.6 Å². The summed E-state index contributed by atoms with van der Waals surface area (Å²) >= 11 is 0. The molecular formula is C21H38N2O3. The van der Waals surface area contributed by atoms with Crippen molar-refractivity contribution in [3.8, 4) is 0 Å². The summed E-state index contributed by atoms with van der Waals surface area (Å²) in [6, 6.07) is 0. The largest absolute Gasteiger partial charge is 0.444 e. The molecule has 2 fully saturated rings. The highest BCUT2D eigenvalue weighted by Gasteiger charge is 2.49. The van der Waals surface area contributed by atoms with Crippen LogP contribution in [0.25, 0.3) is 0 Å². The molecule has 0 bridgehead atoms. The SMILES string of the molecule is CC(C)(C)NC(=O)C1(C2CCCCC2)CCN(C(=O)OC(C)(C)C)CC1. The van der Waals surface area contributed by atoms with Gasteiger partial charge in [0.15, 0.2) is 0 Å². The van der Waals surface area contributed by atoms with Crippen LogP contribution in [0.5, 0.6) is 0 Å². The van der Waals surface area contributed by atoms with E-state index in [-0.39, 0.29) is 23.0 Å². The number of nitrogens with one attached hydrogen (secondary N) is 1. The zero-order chi connectivity index (χ0) is 19.6. The molecule has 26 heavy (non-hydrogen) atoms. The van der Waals surface area contributed by atoms with Gasteiger partial charge in [-0.1, -0.05) is 19.3 Å². The molecule has 5 nitrogen and oxygen atoms in total. The maximum absolute atomic E-state index is 13.3. The number of piperidine rings is 1. The second kappa shape index (κ2) is 7.77. The summed E-state index contributed by atoms with van der Waals surface area (Å²) in [6.45, 7) is 13.0. The average molecular weight is 367 g/mol. The molecule has 0 aromatic heterocycles. The molecule has 1 saturated heterocycles. The first-order valence-corrected chi connectivity index (χ1v) is 10.2. The van der Waals surface area contributed by atoms with Gasteiger partial charge in [-0.05, 0) is 73.1 Å². The molecule has 0 aromatic carbocycles. The number of carbonyl (C=O) groups excluding carboxylic acids is 2. The maximum atomic E-state index is 13.3. The van der Waals surface area contributed by atoms with E-state index in [1.54, 1.807) is 4.90 Å². The Labute approximate surface area is 159 Å². The van der Waals surface area contributed by atoms with Gasteiger partial charge in [0.05, 0.1) is 5.41 Å². The molecule has 0 radical (unpaired) electrons. The van der Waals surface area contributed by atoms with Gasteiger partial charge < -0.3 is 15.0 Å². The fraction of sp³-hybridized carbons (Fsp3) is 0.905. The van der Waals surface area contributed by atoms with Crippen LogP contribution in [-0.2, 0) is 9.53 Å². The normalized spacial score (nSPS) is 22.0. The van der Waals surface area contributed by atoms with Gasteiger partial charge in [0.25, 0.3) is 0 Å². The highest BCUT2D eigenvalue weighted by Crippen LogP contribution is 2.46. The van der Waals surface area contributed by atoms with Crippen molar-refractivity contribution in [2.24, 2.45) is 11.3 Å². The quantitative estimate of drug-likeness (QED) is 0.783. The van der Waals surface area contributed by atoms with Gasteiger partial charge in [-0.3, -0.25) is 4.79 Å². The van der Waals surface area contributed by atoms with Crippen LogP contribution in [0.4, 0.5) is 4.79 Å². The van der Waals surface area contributed by atoms with Gasteiger partial charge in [-0.15, -0.1) is 0 Å². The van der Waals surface area contributed by atoms with E-state index in [9.17, 15) is 9.59 Å². The van der Waals surface area contributed by atoms with E-state index in [4.69, 9.17) is 4.74 Å². The number of hydrogen-bond donors (Lipinski definition) is 1. The molecule has 1 saturated carbocycles. The maximum Gasteiger partial charge on any atom is 0.410 e. The molecule has 0 spiro atoms. The zero-order valence-corrected chi connectivity index (χ0v) is 17.6. The van der Waals surface area contributed by atoms with E-state index < -0.39 is 5.60 Å². The number of amides is 2. The Kier molecular flexibility index (Phi) is 6.29. The third-order valence-electron chi connectivity index (χ3n) is 5.63. The highest BCUT2D eigenvalue weighted by molar-refractivity contribution is 5.84. The van der Waals surface area contributed by atoms with E-state index >= 15 is 0 Å². The Hall–Kier alpha value is -1.26. The molecular weight excluding hydrogens is 328 g/mol. The molecule has 1 aliphatic carbocycles. The Morgan fingerprint density at radius 3 is 1.96 bits per heavy atom. The minimum Gasteiger partial charge on any atom is -0.444 e. The summed E-state index contributed by atoms with van der Waals surface area (Å²) in [6.07, 6.45) is 7.17. The molecule has 0 unspecified atom stereocenters. The molecule has 5 heteroatoms. The molecule has 2 rings (SSSR count). The van der Waals surface area contributed by atoms with E-state index in [0.717, 1.165) is 25.7 Å². The van der Waals surface area contributed by atoms with Gasteiger partial charge in [-0.2, -0.15) is 0 Å². The fourth-order valence-corrected chi connectivity index (χ4v) is 4.36. The van der Waals surface area contributed by atoms with Crippen LogP contribution in [0, 0.1) is 11.3 Å². The van der Waals surface area contributed by atoms with E-state index in [2.05, 4.69) is 5.32 Å². The Morgan fingerprint density at radius 2 is 1.50 bits per heavy atom. The van der Waals surface area contributed by atoms with Gasteiger partial charge >= 0.3 is 6.09 Å². The van der Waals surface area contributed by atoms with Crippen molar-refractivity contribution in [3.05, 3.63) is 0 Å². The molecule has 1 N–H and O–H groups in total. The number of likely N-dealkylation sites (tertiary alicyclic amines) is 1. The monoisotopic (exact) mass is 366 g/mol. The third-order valence-corrected chi connectivity index (χ3v) is 5.63. The van der Waals surface area contributed by atoms with Crippen LogP contribution in [0.15, 0.2) is 0 Å². The minimum atomic E-state index is -0.488. The van der Waals surface area contributed by atoms with Crippen molar-refractivity contribution in [1.82, 2.24) is 10.2 Å². The lowest BCUT2D eigenvalue weighted by Crippen LogP contribution is -2.57. The summed E-state index contributed by atoms with van der Waals surface area (Å²) in [4.78, 5) is 27.5. The van der Waals surface area contributed by atoms with Gasteiger partial charge in [0.1, 0.15) is 5.60 Å². The number of hydrogen-bond acceptors (Lipinski definition) is 3. The molecule has 1 heterocycles. The first-order valence-electron chi connectivity index (χ1n) is 10.2. The Bertz CT molecular complexity index is 502. The number of carbonyl (C=O) groups is 2. The smallest absolute Gasteiger partial charge is 0.410 e. The summed E-state index contributed by atoms with van der Waals surface area (Å²) < 4.78 is 5.52. The molecule has 2 aliphatic rings. The van der Waals surface area contributed by atoms with Crippen LogP contribution in [0.1, 0.15) is 86.5 Å². The van der Waals surface area contributed by atoms with Crippen molar-refractivity contribution in [2.75, 3.05) is 13.1 Å². The first kappa shape index (κ1) is 21.0. The summed E-state index contributed by atoms with van der Waals surface area (Å²) in [5.41, 5.74) is -1.06. The molecule has 1 aliphatic heterocycles. The van der Waals surface area contributed by atoms with Gasteiger partial charge in [-0.25, -0.2) is 4.79 Å². The lowest BCUT2D eigenvalue weighted by atomic mass is 9.63. The van der Waals surface area contributed by atoms with Crippen molar-refractivity contribution < 1.29 is 14.3 Å². The Morgan fingerprint density at radius 1 is 0.962 bits per heavy atom. The second-order valence-corrected chi connectivity index (χ2v) is 10.2. The van der Waals surface area contributed by atoms with Crippen molar-refractivity contribution in [3.63, 3.8) is 0 Å². The lowest BCUT2D eigenvalue weighted by molar-refractivity contribution is -0.141. The predicted octanol–water partition coefficient (Wildman–Crippen LogP) is 4.50. The third kappa shape index (κ3) is 5.37. The Balaban J connectivity index is 2.12. The van der Waals surface area contributed by atoms with Crippen LogP contribution in [0.3, 0.4) is 0 Å². The summed E-state index contributed by atoms with van der Waals surface area (Å²) in [5, 5.41) is 3.24. The average Bonchev–Trinajstić information content (AvgIpc) is 2.52. The van der Waals surface area contributed by atoms with Crippen LogP contribution in [-0.4, -0.2) is 41.1 Å². The topological polar surface area (TPSA) is 58.6 Å². The van der Waals surface area contributed by atoms with Crippen molar-refractivity contribution >= 4 is 12.0 Å². The number of nitrogens with zero attached hydrogens (tertiary/aromatic N) is 1. The molecule has 0 aromatic rings. The highest BCUT2D eigenvalue weighted by atomic mass is 16.6. The minimum absolute atomic E-state index is 0.181. The first-order chi connectivity index (χ1) is 11.9. The number of ether oxygens (including phenoxy) is 1. The van der Waals surface area contributed by atoms with Crippen molar-refractivity contribution in [2.45, 2.75) is 97.6 Å². The van der Waals surface area contributed by atoms with E-state index in [1.165, 1.54) is 19.3 Å². The second-order valence-electron chi connectivity index (χ2n) is 10.2. The summed E-state index contributed by atoms with van der Waals surface area (Å²) in [7, 11) is 0. The van der Waals surface area contributed by atoms with E-state index in [0.29, 0.717) is 19.0 Å². The lowest BCUT2D eigenvalue weighted by Gasteiger charge is -2.47. The van der Waals surface area contributed by atoms with E-state index in [1.807, 2.05) is 41.5 Å². The zero-order valence-electron chi connectivity index (χ0n) is 17.6. The van der Waals surface area contributed by atoms with Crippen LogP contribution >= 0.6 is 0 Å². The van der Waals surface area contributed by atoms with Gasteiger partial charge in [0.2, 0.25) is 5.91 Å². The van der Waals surface area contributed by atoms with Crippen LogP contribution < -0.4 is 5.32 Å². The molecule has 150 valence electrons. The molecule has 2 amide bonds. The summed E-state index contributed by atoms with van der Waals surface area (Å²) in [5.74, 6) is 0.611. The fourth-order valence-electron chi connectivity index (χ4n) is 4.36. The van der Waals surface area contributed by atoms with Crippen LogP contribution in [0.2, 0.25) is 0 Å².